The summed E-state index contributed by atoms with van der Waals surface area (Å²) in [5, 5.41) is 10.3. The van der Waals surface area contributed by atoms with Crippen LogP contribution in [0.4, 0.5) is 0 Å². The summed E-state index contributed by atoms with van der Waals surface area (Å²) in [4.78, 5) is 35.6. The number of hydrogen-bond acceptors (Lipinski definition) is 5. The van der Waals surface area contributed by atoms with Gasteiger partial charge in [-0.1, -0.05) is 27.2 Å². The van der Waals surface area contributed by atoms with Gasteiger partial charge in [0.1, 0.15) is 5.78 Å². The predicted molar refractivity (Wildman–Crippen MR) is 75.3 cm³/mol. The predicted octanol–water partition coefficient (Wildman–Crippen LogP) is 2.19. The molecule has 0 radical (unpaired) electrons. The van der Waals surface area contributed by atoms with Crippen LogP contribution in [0.1, 0.15) is 65.7 Å². The van der Waals surface area contributed by atoms with Crippen LogP contribution in [0.2, 0.25) is 0 Å². The van der Waals surface area contributed by atoms with Crippen LogP contribution >= 0.6 is 0 Å². The summed E-state index contributed by atoms with van der Waals surface area (Å²) in [5.41, 5.74) is -2.31. The molecule has 5 nitrogen and oxygen atoms in total. The van der Waals surface area contributed by atoms with Gasteiger partial charge >= 0.3 is 5.97 Å². The van der Waals surface area contributed by atoms with Gasteiger partial charge in [0.2, 0.25) is 5.60 Å². The topological polar surface area (TPSA) is 80.7 Å². The Bertz CT molecular complexity index is 337. The smallest absolute Gasteiger partial charge is 0.346 e. The number of rotatable bonds is 11. The molecule has 0 aliphatic heterocycles. The van der Waals surface area contributed by atoms with Crippen LogP contribution in [-0.4, -0.2) is 34.9 Å². The fourth-order valence-electron chi connectivity index (χ4n) is 1.80. The second-order valence-electron chi connectivity index (χ2n) is 4.99. The van der Waals surface area contributed by atoms with E-state index in [1.54, 1.807) is 6.92 Å². The Labute approximate surface area is 120 Å². The highest BCUT2D eigenvalue weighted by Gasteiger charge is 2.45. The van der Waals surface area contributed by atoms with Gasteiger partial charge in [-0.15, -0.1) is 0 Å². The van der Waals surface area contributed by atoms with Crippen molar-refractivity contribution in [1.82, 2.24) is 0 Å². The Morgan fingerprint density at radius 3 is 2.10 bits per heavy atom. The Morgan fingerprint density at radius 1 is 1.00 bits per heavy atom. The van der Waals surface area contributed by atoms with E-state index in [4.69, 9.17) is 4.74 Å². The molecule has 0 spiro atoms. The normalized spacial score (nSPS) is 13.6. The second-order valence-corrected chi connectivity index (χ2v) is 4.99. The van der Waals surface area contributed by atoms with Gasteiger partial charge < -0.3 is 9.84 Å². The van der Waals surface area contributed by atoms with Crippen molar-refractivity contribution in [2.24, 2.45) is 0 Å². The maximum atomic E-state index is 12.0. The van der Waals surface area contributed by atoms with Crippen LogP contribution < -0.4 is 0 Å². The summed E-state index contributed by atoms with van der Waals surface area (Å²) in [6, 6.07) is 0. The first-order chi connectivity index (χ1) is 9.42. The van der Waals surface area contributed by atoms with E-state index < -0.39 is 23.8 Å². The van der Waals surface area contributed by atoms with E-state index in [2.05, 4.69) is 0 Å². The van der Waals surface area contributed by atoms with Gasteiger partial charge in [0.05, 0.1) is 13.0 Å². The van der Waals surface area contributed by atoms with Crippen molar-refractivity contribution in [2.45, 2.75) is 71.3 Å². The molecule has 1 atom stereocenters. The lowest BCUT2D eigenvalue weighted by atomic mass is 9.88. The van der Waals surface area contributed by atoms with Gasteiger partial charge in [-0.05, 0) is 19.3 Å². The zero-order valence-electron chi connectivity index (χ0n) is 12.7. The molecule has 0 aromatic carbocycles. The van der Waals surface area contributed by atoms with Crippen LogP contribution in [0.25, 0.3) is 0 Å². The second kappa shape index (κ2) is 9.64. The molecule has 0 amide bonds. The van der Waals surface area contributed by atoms with Crippen LogP contribution in [0.15, 0.2) is 0 Å². The fraction of sp³-hybridized carbons (Fsp3) is 0.800. The summed E-state index contributed by atoms with van der Waals surface area (Å²) >= 11 is 0. The van der Waals surface area contributed by atoms with Gasteiger partial charge in [-0.2, -0.15) is 0 Å². The van der Waals surface area contributed by atoms with Crippen molar-refractivity contribution >= 4 is 17.5 Å². The number of esters is 1. The Hall–Kier alpha value is -1.23. The van der Waals surface area contributed by atoms with Gasteiger partial charge in [0.25, 0.3) is 0 Å². The number of ether oxygens (including phenoxy) is 1. The fourth-order valence-corrected chi connectivity index (χ4v) is 1.80. The first-order valence-electron chi connectivity index (χ1n) is 7.36. The Balaban J connectivity index is 4.89. The highest BCUT2D eigenvalue weighted by molar-refractivity contribution is 6.10. The van der Waals surface area contributed by atoms with Gasteiger partial charge in [-0.25, -0.2) is 4.79 Å². The van der Waals surface area contributed by atoms with Gasteiger partial charge in [0, 0.05) is 12.8 Å². The van der Waals surface area contributed by atoms with E-state index in [1.807, 2.05) is 13.8 Å². The lowest BCUT2D eigenvalue weighted by Crippen LogP contribution is -2.49. The molecule has 116 valence electrons. The minimum atomic E-state index is -2.31. The molecule has 0 saturated carbocycles. The standard InChI is InChI=1S/C15H26O5/c1-4-7-10-20-14(18)15(19,13(17)9-6-3)11-12(16)8-5-2/h19H,4-11H2,1-3H3. The van der Waals surface area contributed by atoms with Crippen LogP contribution in [0.3, 0.4) is 0 Å². The molecular formula is C15H26O5. The number of ketones is 2. The summed E-state index contributed by atoms with van der Waals surface area (Å²) in [6.45, 7) is 5.69. The minimum Gasteiger partial charge on any atom is -0.463 e. The van der Waals surface area contributed by atoms with E-state index in [-0.39, 0.29) is 25.2 Å². The van der Waals surface area contributed by atoms with Gasteiger partial charge in [-0.3, -0.25) is 9.59 Å². The summed E-state index contributed by atoms with van der Waals surface area (Å²) in [6.07, 6.45) is 2.43. The summed E-state index contributed by atoms with van der Waals surface area (Å²) in [7, 11) is 0. The van der Waals surface area contributed by atoms with Crippen molar-refractivity contribution in [2.75, 3.05) is 6.61 Å². The van der Waals surface area contributed by atoms with E-state index in [1.165, 1.54) is 0 Å². The third-order valence-electron chi connectivity index (χ3n) is 2.99. The monoisotopic (exact) mass is 286 g/mol. The molecule has 5 heteroatoms. The molecule has 1 unspecified atom stereocenters. The number of aliphatic hydroxyl groups is 1. The highest BCUT2D eigenvalue weighted by atomic mass is 16.5. The van der Waals surface area contributed by atoms with Crippen molar-refractivity contribution < 1.29 is 24.2 Å². The zero-order valence-corrected chi connectivity index (χ0v) is 12.7. The lowest BCUT2D eigenvalue weighted by Gasteiger charge is -2.24. The minimum absolute atomic E-state index is 0.0543. The van der Waals surface area contributed by atoms with Gasteiger partial charge in [0.15, 0.2) is 5.78 Å². The highest BCUT2D eigenvalue weighted by Crippen LogP contribution is 2.19. The first-order valence-corrected chi connectivity index (χ1v) is 7.36. The number of Topliss-reactive ketones (excluding diaryl/α,β-unsaturated/α-hetero) is 2. The summed E-state index contributed by atoms with van der Waals surface area (Å²) < 4.78 is 4.93. The molecule has 0 aromatic rings. The van der Waals surface area contributed by atoms with E-state index in [0.29, 0.717) is 19.3 Å². The molecule has 0 aromatic heterocycles. The number of hydrogen-bond donors (Lipinski definition) is 1. The molecule has 1 N–H and O–H groups in total. The number of carbonyl (C=O) groups is 3. The first kappa shape index (κ1) is 18.8. The van der Waals surface area contributed by atoms with Crippen LogP contribution in [0.5, 0.6) is 0 Å². The maximum absolute atomic E-state index is 12.0. The quantitative estimate of drug-likeness (QED) is 0.358. The third kappa shape index (κ3) is 5.82. The van der Waals surface area contributed by atoms with E-state index in [0.717, 1.165) is 6.42 Å². The van der Waals surface area contributed by atoms with Crippen molar-refractivity contribution in [1.29, 1.82) is 0 Å². The third-order valence-corrected chi connectivity index (χ3v) is 2.99. The summed E-state index contributed by atoms with van der Waals surface area (Å²) in [5.74, 6) is -1.92. The molecule has 0 heterocycles. The molecule has 0 saturated heterocycles. The van der Waals surface area contributed by atoms with Crippen molar-refractivity contribution in [3.8, 4) is 0 Å². The van der Waals surface area contributed by atoms with E-state index in [9.17, 15) is 19.5 Å². The van der Waals surface area contributed by atoms with Crippen molar-refractivity contribution in [3.05, 3.63) is 0 Å². The molecule has 0 rings (SSSR count). The molecular weight excluding hydrogens is 260 g/mol. The van der Waals surface area contributed by atoms with Crippen molar-refractivity contribution in [3.63, 3.8) is 0 Å². The SMILES string of the molecule is CCCCOC(=O)C(O)(CC(=O)CCC)C(=O)CCC. The molecule has 0 fully saturated rings. The average Bonchev–Trinajstić information content (AvgIpc) is 2.39. The lowest BCUT2D eigenvalue weighted by molar-refractivity contribution is -0.173. The molecule has 0 bridgehead atoms. The van der Waals surface area contributed by atoms with E-state index >= 15 is 0 Å². The Morgan fingerprint density at radius 2 is 1.60 bits per heavy atom. The molecule has 20 heavy (non-hydrogen) atoms. The number of carbonyl (C=O) groups excluding carboxylic acids is 3. The largest absolute Gasteiger partial charge is 0.463 e. The van der Waals surface area contributed by atoms with Crippen LogP contribution in [-0.2, 0) is 19.1 Å². The molecule has 0 aliphatic carbocycles. The molecule has 0 aliphatic rings. The van der Waals surface area contributed by atoms with Crippen LogP contribution in [0, 0.1) is 0 Å². The number of unbranched alkanes of at least 4 members (excludes halogenated alkanes) is 1. The average molecular weight is 286 g/mol. The zero-order chi connectivity index (χ0) is 15.6. The maximum Gasteiger partial charge on any atom is 0.346 e. The Kier molecular flexibility index (Phi) is 9.05.